The van der Waals surface area contributed by atoms with Crippen LogP contribution in [-0.2, 0) is 13.1 Å². The van der Waals surface area contributed by atoms with Gasteiger partial charge in [-0.25, -0.2) is 9.13 Å². The monoisotopic (exact) mass is 335 g/mol. The van der Waals surface area contributed by atoms with Gasteiger partial charge >= 0.3 is 0 Å². The molecule has 1 heterocycles. The maximum absolute atomic E-state index is 2.45. The average molecular weight is 336 g/mol. The van der Waals surface area contributed by atoms with Crippen molar-refractivity contribution in [2.24, 2.45) is 0 Å². The fourth-order valence-electron chi connectivity index (χ4n) is 3.49. The first-order valence-corrected chi connectivity index (χ1v) is 10.8. The molecule has 0 saturated heterocycles. The Hall–Kier alpha value is -0.790. The lowest BCUT2D eigenvalue weighted by Crippen LogP contribution is -2.35. The fraction of sp³-hybridized carbons (Fsp3) is 0.864. The molecule has 0 saturated carbocycles. The van der Waals surface area contributed by atoms with E-state index in [-0.39, 0.29) is 0 Å². The first kappa shape index (κ1) is 21.3. The number of hydrogen-bond donors (Lipinski definition) is 0. The third kappa shape index (κ3) is 9.49. The van der Waals surface area contributed by atoms with Crippen molar-refractivity contribution in [1.82, 2.24) is 4.57 Å². The molecule has 0 radical (unpaired) electrons. The third-order valence-corrected chi connectivity index (χ3v) is 5.26. The molecule has 0 aliphatic carbocycles. The molecule has 140 valence electrons. The van der Waals surface area contributed by atoms with E-state index < -0.39 is 0 Å². The van der Waals surface area contributed by atoms with Crippen molar-refractivity contribution in [2.45, 2.75) is 124 Å². The van der Waals surface area contributed by atoms with E-state index in [2.05, 4.69) is 42.3 Å². The molecular formula is C22H43N2+. The zero-order valence-corrected chi connectivity index (χ0v) is 16.9. The van der Waals surface area contributed by atoms with Crippen molar-refractivity contribution < 1.29 is 4.57 Å². The summed E-state index contributed by atoms with van der Waals surface area (Å²) < 4.78 is 4.90. The van der Waals surface area contributed by atoms with Gasteiger partial charge in [-0.3, -0.25) is 0 Å². The zero-order chi connectivity index (χ0) is 17.5. The average Bonchev–Trinajstić information content (AvgIpc) is 2.93. The van der Waals surface area contributed by atoms with Crippen molar-refractivity contribution in [3.63, 3.8) is 0 Å². The molecular weight excluding hydrogens is 292 g/mol. The Balaban J connectivity index is 2.10. The van der Waals surface area contributed by atoms with Gasteiger partial charge < -0.3 is 0 Å². The number of aryl methyl sites for hydroxylation is 2. The number of imidazole rings is 1. The molecule has 0 aliphatic heterocycles. The highest BCUT2D eigenvalue weighted by atomic mass is 15.1. The maximum Gasteiger partial charge on any atom is 0.253 e. The van der Waals surface area contributed by atoms with Gasteiger partial charge in [0.2, 0.25) is 0 Å². The number of rotatable bonds is 16. The Labute approximate surface area is 151 Å². The lowest BCUT2D eigenvalue weighted by molar-refractivity contribution is -0.702. The van der Waals surface area contributed by atoms with Crippen LogP contribution in [0.2, 0.25) is 0 Å². The number of hydrogen-bond acceptors (Lipinski definition) is 0. The van der Waals surface area contributed by atoms with Gasteiger partial charge in [0.1, 0.15) is 12.4 Å². The van der Waals surface area contributed by atoms with E-state index in [9.17, 15) is 0 Å². The molecule has 0 unspecified atom stereocenters. The molecule has 1 rings (SSSR count). The first-order chi connectivity index (χ1) is 11.8. The number of unbranched alkanes of at least 4 members (excludes halogenated alkanes) is 12. The highest BCUT2D eigenvalue weighted by Crippen LogP contribution is 2.09. The molecule has 1 aromatic rings. The van der Waals surface area contributed by atoms with Crippen LogP contribution < -0.4 is 4.57 Å². The summed E-state index contributed by atoms with van der Waals surface area (Å²) in [4.78, 5) is 0. The van der Waals surface area contributed by atoms with E-state index in [1.54, 1.807) is 0 Å². The zero-order valence-electron chi connectivity index (χ0n) is 16.9. The van der Waals surface area contributed by atoms with Crippen LogP contribution in [0.3, 0.4) is 0 Å². The molecule has 0 aromatic carbocycles. The van der Waals surface area contributed by atoms with Crippen molar-refractivity contribution >= 4 is 0 Å². The maximum atomic E-state index is 2.45. The molecule has 0 amide bonds. The predicted molar refractivity (Wildman–Crippen MR) is 105 cm³/mol. The minimum atomic E-state index is 1.20. The summed E-state index contributed by atoms with van der Waals surface area (Å²) in [6.45, 7) is 9.25. The molecule has 2 heteroatoms. The first-order valence-electron chi connectivity index (χ1n) is 10.8. The number of nitrogens with zero attached hydrogens (tertiary/aromatic N) is 2. The molecule has 0 N–H and O–H groups in total. The Bertz CT molecular complexity index is 359. The molecule has 1 aromatic heterocycles. The van der Waals surface area contributed by atoms with Gasteiger partial charge in [0.25, 0.3) is 5.82 Å². The normalized spacial score (nSPS) is 11.3. The van der Waals surface area contributed by atoms with Gasteiger partial charge in [-0.05, 0) is 25.7 Å². The van der Waals surface area contributed by atoms with E-state index in [4.69, 9.17) is 0 Å². The van der Waals surface area contributed by atoms with Crippen molar-refractivity contribution in [2.75, 3.05) is 0 Å². The van der Waals surface area contributed by atoms with Crippen LogP contribution in [-0.4, -0.2) is 4.57 Å². The lowest BCUT2D eigenvalue weighted by Gasteiger charge is -2.03. The van der Waals surface area contributed by atoms with Crippen LogP contribution in [0.1, 0.15) is 110 Å². The summed E-state index contributed by atoms with van der Waals surface area (Å²) in [5, 5.41) is 0. The standard InChI is InChI=1S/C22H43N2/c1-4-6-8-10-12-14-16-18-23-20-21-24(22(23)3)19-17-15-13-11-9-7-5-2/h20-21H,4-19H2,1-3H3/q+1. The quantitative estimate of drug-likeness (QED) is 0.238. The predicted octanol–water partition coefficient (Wildman–Crippen LogP) is 6.59. The summed E-state index contributed by atoms with van der Waals surface area (Å²) in [7, 11) is 0. The van der Waals surface area contributed by atoms with Gasteiger partial charge in [0, 0.05) is 6.92 Å². The lowest BCUT2D eigenvalue weighted by atomic mass is 10.1. The minimum Gasteiger partial charge on any atom is -0.234 e. The van der Waals surface area contributed by atoms with Gasteiger partial charge in [0.05, 0.1) is 13.1 Å². The Kier molecular flexibility index (Phi) is 12.9. The van der Waals surface area contributed by atoms with E-state index in [0.717, 1.165) is 0 Å². The van der Waals surface area contributed by atoms with Gasteiger partial charge in [-0.2, -0.15) is 0 Å². The topological polar surface area (TPSA) is 8.81 Å². The van der Waals surface area contributed by atoms with Crippen LogP contribution in [0.25, 0.3) is 0 Å². The third-order valence-electron chi connectivity index (χ3n) is 5.26. The second kappa shape index (κ2) is 14.5. The van der Waals surface area contributed by atoms with Crippen LogP contribution in [0.5, 0.6) is 0 Å². The smallest absolute Gasteiger partial charge is 0.234 e. The van der Waals surface area contributed by atoms with Gasteiger partial charge in [-0.1, -0.05) is 78.1 Å². The molecule has 0 spiro atoms. The molecule has 0 fully saturated rings. The Morgan fingerprint density at radius 3 is 1.79 bits per heavy atom. The van der Waals surface area contributed by atoms with E-state index in [0.29, 0.717) is 0 Å². The van der Waals surface area contributed by atoms with Crippen LogP contribution >= 0.6 is 0 Å². The highest BCUT2D eigenvalue weighted by molar-refractivity contribution is 4.79. The second-order valence-corrected chi connectivity index (χ2v) is 7.47. The summed E-state index contributed by atoms with van der Waals surface area (Å²) >= 11 is 0. The minimum absolute atomic E-state index is 1.20. The summed E-state index contributed by atoms with van der Waals surface area (Å²) in [5.41, 5.74) is 0. The van der Waals surface area contributed by atoms with E-state index in [1.165, 1.54) is 109 Å². The molecule has 0 bridgehead atoms. The number of aromatic nitrogens is 2. The van der Waals surface area contributed by atoms with Crippen LogP contribution in [0.15, 0.2) is 12.4 Å². The molecule has 24 heavy (non-hydrogen) atoms. The largest absolute Gasteiger partial charge is 0.253 e. The molecule has 0 aliphatic rings. The van der Waals surface area contributed by atoms with Crippen LogP contribution in [0, 0.1) is 6.92 Å². The molecule has 2 nitrogen and oxygen atoms in total. The second-order valence-electron chi connectivity index (χ2n) is 7.47. The Morgan fingerprint density at radius 2 is 1.21 bits per heavy atom. The van der Waals surface area contributed by atoms with E-state index in [1.807, 2.05) is 0 Å². The van der Waals surface area contributed by atoms with Gasteiger partial charge in [-0.15, -0.1) is 0 Å². The summed E-state index contributed by atoms with van der Waals surface area (Å²) in [6.07, 6.45) is 24.1. The van der Waals surface area contributed by atoms with Crippen LogP contribution in [0.4, 0.5) is 0 Å². The summed E-state index contributed by atoms with van der Waals surface area (Å²) in [5.74, 6) is 1.44. The van der Waals surface area contributed by atoms with Gasteiger partial charge in [0.15, 0.2) is 0 Å². The summed E-state index contributed by atoms with van der Waals surface area (Å²) in [6, 6.07) is 0. The fourth-order valence-corrected chi connectivity index (χ4v) is 3.49. The van der Waals surface area contributed by atoms with Crippen molar-refractivity contribution in [3.8, 4) is 0 Å². The Morgan fingerprint density at radius 1 is 0.708 bits per heavy atom. The van der Waals surface area contributed by atoms with Crippen molar-refractivity contribution in [3.05, 3.63) is 18.2 Å². The van der Waals surface area contributed by atoms with Crippen molar-refractivity contribution in [1.29, 1.82) is 0 Å². The highest BCUT2D eigenvalue weighted by Gasteiger charge is 2.11. The SMILES string of the molecule is CCCCCCCCCn1cc[n+](CCCCCCCCC)c1C. The van der Waals surface area contributed by atoms with E-state index >= 15 is 0 Å². The molecule has 0 atom stereocenters.